The van der Waals surface area contributed by atoms with Gasteiger partial charge in [0.15, 0.2) is 18.2 Å². The monoisotopic (exact) mass is 497 g/mol. The van der Waals surface area contributed by atoms with Crippen LogP contribution in [0.4, 0.5) is 13.2 Å². The molecule has 0 fully saturated rings. The summed E-state index contributed by atoms with van der Waals surface area (Å²) in [6.07, 6.45) is 1.45. The van der Waals surface area contributed by atoms with Crippen LogP contribution in [0.5, 0.6) is 11.5 Å². The van der Waals surface area contributed by atoms with Gasteiger partial charge in [0, 0.05) is 17.0 Å². The van der Waals surface area contributed by atoms with E-state index in [-0.39, 0.29) is 28.1 Å². The predicted molar refractivity (Wildman–Crippen MR) is 131 cm³/mol. The van der Waals surface area contributed by atoms with Gasteiger partial charge in [-0.1, -0.05) is 48.9 Å². The van der Waals surface area contributed by atoms with Crippen molar-refractivity contribution in [1.82, 2.24) is 4.98 Å². The van der Waals surface area contributed by atoms with Crippen LogP contribution in [0.1, 0.15) is 42.1 Å². The molecule has 0 aliphatic heterocycles. The normalized spacial score (nSPS) is 12.6. The molecule has 8 heteroatoms. The lowest BCUT2D eigenvalue weighted by Crippen LogP contribution is -2.23. The number of unbranched alkanes of at least 4 members (excludes halogenated alkanes) is 1. The van der Waals surface area contributed by atoms with E-state index in [0.717, 1.165) is 0 Å². The molecule has 0 aliphatic rings. The third-order valence-electron chi connectivity index (χ3n) is 6.06. The zero-order valence-corrected chi connectivity index (χ0v) is 19.4. The summed E-state index contributed by atoms with van der Waals surface area (Å²) in [7, 11) is 0. The first kappa shape index (κ1) is 25.3. The van der Waals surface area contributed by atoms with Crippen molar-refractivity contribution in [3.63, 3.8) is 0 Å². The van der Waals surface area contributed by atoms with E-state index in [2.05, 4.69) is 4.98 Å². The van der Waals surface area contributed by atoms with Crippen molar-refractivity contribution in [3.05, 3.63) is 106 Å². The van der Waals surface area contributed by atoms with Crippen molar-refractivity contribution < 1.29 is 28.1 Å². The molecule has 0 saturated carbocycles. The van der Waals surface area contributed by atoms with Gasteiger partial charge in [0.1, 0.15) is 5.75 Å². The van der Waals surface area contributed by atoms with Gasteiger partial charge >= 0.3 is 5.92 Å². The molecule has 3 N–H and O–H groups in total. The van der Waals surface area contributed by atoms with Crippen LogP contribution in [0.3, 0.4) is 0 Å². The number of aromatic hydroxyl groups is 1. The Balaban J connectivity index is 1.30. The number of aromatic amines is 1. The Hall–Kier alpha value is -3.78. The molecule has 0 radical (unpaired) electrons. The summed E-state index contributed by atoms with van der Waals surface area (Å²) in [5, 5.41) is 21.2. The highest BCUT2D eigenvalue weighted by atomic mass is 19.3. The standard InChI is InChI=1S/C28H26F3NO4/c29-22-16-18(10-14-25(22)36-17-28(30,31)19-7-2-1-3-8-19)6-4-5-9-23(33)20-11-13-24(34)27-21(20)12-15-26(35)32-27/h1-3,7-8,10-16,23,33-34H,4-6,9,17H2,(H,32,35). The van der Waals surface area contributed by atoms with Gasteiger partial charge < -0.3 is 19.9 Å². The van der Waals surface area contributed by atoms with Gasteiger partial charge in [0.2, 0.25) is 5.56 Å². The second-order valence-electron chi connectivity index (χ2n) is 8.67. The number of H-pyrrole nitrogens is 1. The second kappa shape index (κ2) is 10.9. The predicted octanol–water partition coefficient (Wildman–Crippen LogP) is 5.99. The molecule has 0 bridgehead atoms. The quantitative estimate of drug-likeness (QED) is 0.235. The third-order valence-corrected chi connectivity index (χ3v) is 6.06. The molecule has 0 amide bonds. The number of phenols is 1. The molecule has 3 aromatic carbocycles. The fourth-order valence-corrected chi connectivity index (χ4v) is 4.12. The van der Waals surface area contributed by atoms with E-state index < -0.39 is 24.5 Å². The number of nitrogens with one attached hydrogen (secondary N) is 1. The SMILES string of the molecule is O=c1ccc2c(C(O)CCCCc3ccc(OCC(F)(F)c4ccccc4)c(F)c3)ccc(O)c2[nH]1. The van der Waals surface area contributed by atoms with Crippen molar-refractivity contribution in [2.24, 2.45) is 0 Å². The van der Waals surface area contributed by atoms with E-state index in [1.165, 1.54) is 48.5 Å². The molecule has 1 heterocycles. The molecular formula is C28H26F3NO4. The lowest BCUT2D eigenvalue weighted by Gasteiger charge is -2.18. The number of pyridine rings is 1. The highest BCUT2D eigenvalue weighted by molar-refractivity contribution is 5.87. The van der Waals surface area contributed by atoms with Crippen molar-refractivity contribution >= 4 is 10.9 Å². The van der Waals surface area contributed by atoms with Gasteiger partial charge in [-0.2, -0.15) is 8.78 Å². The van der Waals surface area contributed by atoms with Gasteiger partial charge in [0.05, 0.1) is 11.6 Å². The van der Waals surface area contributed by atoms with Crippen molar-refractivity contribution in [1.29, 1.82) is 0 Å². The fourth-order valence-electron chi connectivity index (χ4n) is 4.12. The minimum atomic E-state index is -3.24. The number of phenolic OH excluding ortho intramolecular Hbond substituents is 1. The summed E-state index contributed by atoms with van der Waals surface area (Å²) >= 11 is 0. The minimum absolute atomic E-state index is 0.0723. The Morgan fingerprint density at radius 2 is 1.75 bits per heavy atom. The zero-order valence-electron chi connectivity index (χ0n) is 19.4. The summed E-state index contributed by atoms with van der Waals surface area (Å²) in [5.41, 5.74) is 1.02. The number of aryl methyl sites for hydroxylation is 1. The Morgan fingerprint density at radius 1 is 0.972 bits per heavy atom. The lowest BCUT2D eigenvalue weighted by molar-refractivity contribution is -0.0475. The Labute approximate surface area is 205 Å². The number of rotatable bonds is 10. The summed E-state index contributed by atoms with van der Waals surface area (Å²) in [5.74, 6) is -4.26. The number of ether oxygens (including phenoxy) is 1. The van der Waals surface area contributed by atoms with Gasteiger partial charge in [0.25, 0.3) is 0 Å². The molecule has 0 saturated heterocycles. The summed E-state index contributed by atoms with van der Waals surface area (Å²) in [6.45, 7) is -0.967. The molecule has 4 rings (SSSR count). The number of fused-ring (bicyclic) bond motifs is 1. The second-order valence-corrected chi connectivity index (χ2v) is 8.67. The largest absolute Gasteiger partial charge is 0.506 e. The van der Waals surface area contributed by atoms with Gasteiger partial charge in [-0.15, -0.1) is 0 Å². The number of aromatic nitrogens is 1. The van der Waals surface area contributed by atoms with E-state index >= 15 is 0 Å². The number of alkyl halides is 2. The van der Waals surface area contributed by atoms with Gasteiger partial charge in [-0.3, -0.25) is 4.79 Å². The van der Waals surface area contributed by atoms with Crippen LogP contribution in [0.15, 0.2) is 77.6 Å². The first-order chi connectivity index (χ1) is 17.2. The minimum Gasteiger partial charge on any atom is -0.506 e. The summed E-state index contributed by atoms with van der Waals surface area (Å²) in [4.78, 5) is 14.1. The Morgan fingerprint density at radius 3 is 2.50 bits per heavy atom. The van der Waals surface area contributed by atoms with Crippen molar-refractivity contribution in [2.75, 3.05) is 6.61 Å². The smallest absolute Gasteiger partial charge is 0.306 e. The van der Waals surface area contributed by atoms with Crippen LogP contribution < -0.4 is 10.3 Å². The Kier molecular flexibility index (Phi) is 7.64. The number of aliphatic hydroxyl groups excluding tert-OH is 1. The van der Waals surface area contributed by atoms with Crippen LogP contribution >= 0.6 is 0 Å². The van der Waals surface area contributed by atoms with E-state index in [1.807, 2.05) is 0 Å². The van der Waals surface area contributed by atoms with E-state index in [1.54, 1.807) is 24.3 Å². The summed E-state index contributed by atoms with van der Waals surface area (Å²) < 4.78 is 48.1. The van der Waals surface area contributed by atoms with E-state index in [0.29, 0.717) is 42.2 Å². The molecule has 188 valence electrons. The average Bonchev–Trinajstić information content (AvgIpc) is 2.87. The van der Waals surface area contributed by atoms with Crippen LogP contribution in [0, 0.1) is 5.82 Å². The molecule has 1 unspecified atom stereocenters. The van der Waals surface area contributed by atoms with Crippen LogP contribution in [-0.4, -0.2) is 21.8 Å². The maximum absolute atomic E-state index is 14.4. The third kappa shape index (κ3) is 5.88. The molecule has 1 aromatic heterocycles. The maximum atomic E-state index is 14.4. The van der Waals surface area contributed by atoms with Crippen LogP contribution in [0.2, 0.25) is 0 Å². The molecule has 36 heavy (non-hydrogen) atoms. The topological polar surface area (TPSA) is 82.6 Å². The molecule has 1 atom stereocenters. The molecule has 0 aliphatic carbocycles. The van der Waals surface area contributed by atoms with Crippen LogP contribution in [-0.2, 0) is 12.3 Å². The first-order valence-electron chi connectivity index (χ1n) is 11.6. The highest BCUT2D eigenvalue weighted by Crippen LogP contribution is 2.32. The lowest BCUT2D eigenvalue weighted by atomic mass is 9.97. The van der Waals surface area contributed by atoms with Gasteiger partial charge in [-0.25, -0.2) is 4.39 Å². The molecule has 0 spiro atoms. The van der Waals surface area contributed by atoms with Crippen LogP contribution in [0.25, 0.3) is 10.9 Å². The highest BCUT2D eigenvalue weighted by Gasteiger charge is 2.32. The van der Waals surface area contributed by atoms with Crippen molar-refractivity contribution in [3.8, 4) is 11.5 Å². The maximum Gasteiger partial charge on any atom is 0.306 e. The molecule has 4 aromatic rings. The number of hydrogen-bond donors (Lipinski definition) is 3. The van der Waals surface area contributed by atoms with Crippen molar-refractivity contribution in [2.45, 2.75) is 37.7 Å². The molecular weight excluding hydrogens is 471 g/mol. The number of halogens is 3. The van der Waals surface area contributed by atoms with E-state index in [9.17, 15) is 28.2 Å². The number of benzene rings is 3. The van der Waals surface area contributed by atoms with Gasteiger partial charge in [-0.05, 0) is 54.7 Å². The number of hydrogen-bond acceptors (Lipinski definition) is 4. The molecule has 5 nitrogen and oxygen atoms in total. The number of aliphatic hydroxyl groups is 1. The fraction of sp³-hybridized carbons (Fsp3) is 0.250. The Bertz CT molecular complexity index is 1390. The zero-order chi connectivity index (χ0) is 25.7. The first-order valence-corrected chi connectivity index (χ1v) is 11.6. The summed E-state index contributed by atoms with van der Waals surface area (Å²) in [6, 6.07) is 17.5. The average molecular weight is 498 g/mol. The van der Waals surface area contributed by atoms with E-state index in [4.69, 9.17) is 4.74 Å².